The number of nitrogens with one attached hydrogen (secondary N) is 1. The molecule has 0 aliphatic heterocycles. The number of aliphatic hydroxyl groups excluding tert-OH is 1. The first kappa shape index (κ1) is 15.5. The van der Waals surface area contributed by atoms with Crippen molar-refractivity contribution in [1.29, 1.82) is 0 Å². The van der Waals surface area contributed by atoms with Crippen LogP contribution in [0.3, 0.4) is 0 Å². The zero-order chi connectivity index (χ0) is 14.1. The third kappa shape index (κ3) is 5.75. The van der Waals surface area contributed by atoms with Gasteiger partial charge in [0.2, 0.25) is 0 Å². The first-order valence-electron chi connectivity index (χ1n) is 6.90. The first-order valence-corrected chi connectivity index (χ1v) is 6.90. The molecule has 0 atom stereocenters. The molecule has 0 aromatic heterocycles. The number of carbonyl (C=O) groups is 1. The van der Waals surface area contributed by atoms with Gasteiger partial charge in [0.1, 0.15) is 0 Å². The summed E-state index contributed by atoms with van der Waals surface area (Å²) < 4.78 is 0. The van der Waals surface area contributed by atoms with E-state index in [0.29, 0.717) is 13.1 Å². The highest BCUT2D eigenvalue weighted by molar-refractivity contribution is 5.89. The lowest BCUT2D eigenvalue weighted by Gasteiger charge is -2.22. The summed E-state index contributed by atoms with van der Waals surface area (Å²) in [5.41, 5.74) is 1.95. The van der Waals surface area contributed by atoms with Crippen molar-refractivity contribution in [3.8, 4) is 0 Å². The third-order valence-corrected chi connectivity index (χ3v) is 2.99. The topological polar surface area (TPSA) is 52.6 Å². The molecule has 0 radical (unpaired) electrons. The van der Waals surface area contributed by atoms with Crippen LogP contribution in [0.2, 0.25) is 0 Å². The van der Waals surface area contributed by atoms with E-state index in [0.717, 1.165) is 30.5 Å². The summed E-state index contributed by atoms with van der Waals surface area (Å²) >= 11 is 0. The van der Waals surface area contributed by atoms with Gasteiger partial charge in [0, 0.05) is 18.8 Å². The second-order valence-electron chi connectivity index (χ2n) is 4.71. The molecular weight excluding hydrogens is 240 g/mol. The van der Waals surface area contributed by atoms with Crippen LogP contribution in [0.25, 0.3) is 0 Å². The molecule has 2 amide bonds. The number of aliphatic hydroxyl groups is 1. The van der Waals surface area contributed by atoms with Gasteiger partial charge in [-0.2, -0.15) is 0 Å². The van der Waals surface area contributed by atoms with Gasteiger partial charge in [-0.25, -0.2) is 4.79 Å². The van der Waals surface area contributed by atoms with E-state index in [1.165, 1.54) is 0 Å². The van der Waals surface area contributed by atoms with E-state index in [1.807, 2.05) is 31.2 Å². The smallest absolute Gasteiger partial charge is 0.321 e. The van der Waals surface area contributed by atoms with Crippen molar-refractivity contribution in [3.63, 3.8) is 0 Å². The number of urea groups is 1. The largest absolute Gasteiger partial charge is 0.395 e. The predicted octanol–water partition coefficient (Wildman–Crippen LogP) is 3.01. The molecule has 0 aliphatic carbocycles. The number of hydrogen-bond acceptors (Lipinski definition) is 2. The van der Waals surface area contributed by atoms with Crippen LogP contribution >= 0.6 is 0 Å². The Balaban J connectivity index is 2.53. The Hall–Kier alpha value is -1.55. The number of nitrogens with zero attached hydrogens (tertiary/aromatic N) is 1. The Morgan fingerprint density at radius 3 is 2.47 bits per heavy atom. The SMILES string of the molecule is CCCCCN(CCO)C(=O)Nc1ccc(C)cc1. The molecule has 1 aromatic carbocycles. The van der Waals surface area contributed by atoms with Gasteiger partial charge in [0.05, 0.1) is 6.61 Å². The van der Waals surface area contributed by atoms with Gasteiger partial charge in [-0.1, -0.05) is 37.5 Å². The van der Waals surface area contributed by atoms with Crippen LogP contribution in [0.5, 0.6) is 0 Å². The summed E-state index contributed by atoms with van der Waals surface area (Å²) in [6.07, 6.45) is 3.18. The summed E-state index contributed by atoms with van der Waals surface area (Å²) in [4.78, 5) is 13.7. The Morgan fingerprint density at radius 1 is 1.21 bits per heavy atom. The van der Waals surface area contributed by atoms with Crippen LogP contribution in [0.1, 0.15) is 31.7 Å². The molecule has 0 heterocycles. The summed E-state index contributed by atoms with van der Waals surface area (Å²) in [6, 6.07) is 7.55. The fourth-order valence-corrected chi connectivity index (χ4v) is 1.83. The zero-order valence-corrected chi connectivity index (χ0v) is 11.9. The van der Waals surface area contributed by atoms with Crippen LogP contribution in [-0.2, 0) is 0 Å². The van der Waals surface area contributed by atoms with E-state index in [4.69, 9.17) is 5.11 Å². The maximum Gasteiger partial charge on any atom is 0.321 e. The number of rotatable bonds is 7. The van der Waals surface area contributed by atoms with Crippen molar-refractivity contribution in [3.05, 3.63) is 29.8 Å². The van der Waals surface area contributed by atoms with Gasteiger partial charge < -0.3 is 15.3 Å². The molecule has 0 aliphatic rings. The highest BCUT2D eigenvalue weighted by atomic mass is 16.3. The summed E-state index contributed by atoms with van der Waals surface area (Å²) in [6.45, 7) is 5.19. The molecule has 0 fully saturated rings. The highest BCUT2D eigenvalue weighted by Gasteiger charge is 2.12. The minimum atomic E-state index is -0.144. The van der Waals surface area contributed by atoms with Crippen molar-refractivity contribution >= 4 is 11.7 Å². The lowest BCUT2D eigenvalue weighted by atomic mass is 10.2. The maximum absolute atomic E-state index is 12.1. The second-order valence-corrected chi connectivity index (χ2v) is 4.71. The number of carbonyl (C=O) groups excluding carboxylic acids is 1. The molecule has 4 heteroatoms. The lowest BCUT2D eigenvalue weighted by Crippen LogP contribution is -2.37. The third-order valence-electron chi connectivity index (χ3n) is 2.99. The van der Waals surface area contributed by atoms with Gasteiger partial charge in [-0.05, 0) is 25.5 Å². The Labute approximate surface area is 115 Å². The van der Waals surface area contributed by atoms with E-state index in [1.54, 1.807) is 4.90 Å². The molecule has 0 saturated heterocycles. The molecule has 19 heavy (non-hydrogen) atoms. The van der Waals surface area contributed by atoms with Crippen LogP contribution in [0.4, 0.5) is 10.5 Å². The molecule has 2 N–H and O–H groups in total. The quantitative estimate of drug-likeness (QED) is 0.744. The molecule has 0 unspecified atom stereocenters. The molecule has 4 nitrogen and oxygen atoms in total. The van der Waals surface area contributed by atoms with E-state index >= 15 is 0 Å². The number of amides is 2. The second kappa shape index (κ2) is 8.53. The fourth-order valence-electron chi connectivity index (χ4n) is 1.83. The van der Waals surface area contributed by atoms with E-state index < -0.39 is 0 Å². The minimum absolute atomic E-state index is 0.00651. The predicted molar refractivity (Wildman–Crippen MR) is 78.4 cm³/mol. The fraction of sp³-hybridized carbons (Fsp3) is 0.533. The van der Waals surface area contributed by atoms with Gasteiger partial charge >= 0.3 is 6.03 Å². The average molecular weight is 264 g/mol. The number of hydrogen-bond donors (Lipinski definition) is 2. The van der Waals surface area contributed by atoms with Crippen molar-refractivity contribution in [2.24, 2.45) is 0 Å². The highest BCUT2D eigenvalue weighted by Crippen LogP contribution is 2.10. The van der Waals surface area contributed by atoms with Gasteiger partial charge in [0.25, 0.3) is 0 Å². The summed E-state index contributed by atoms with van der Waals surface area (Å²) in [5.74, 6) is 0. The van der Waals surface area contributed by atoms with E-state index in [-0.39, 0.29) is 12.6 Å². The monoisotopic (exact) mass is 264 g/mol. The number of aryl methyl sites for hydroxylation is 1. The Bertz CT molecular complexity index is 376. The summed E-state index contributed by atoms with van der Waals surface area (Å²) in [5, 5.41) is 11.9. The van der Waals surface area contributed by atoms with E-state index in [9.17, 15) is 4.79 Å². The molecule has 1 rings (SSSR count). The zero-order valence-electron chi connectivity index (χ0n) is 11.9. The van der Waals surface area contributed by atoms with Gasteiger partial charge in [-0.15, -0.1) is 0 Å². The molecule has 0 bridgehead atoms. The molecule has 106 valence electrons. The molecule has 0 saturated carbocycles. The molecule has 0 spiro atoms. The molecular formula is C15H24N2O2. The normalized spacial score (nSPS) is 10.3. The number of anilines is 1. The average Bonchev–Trinajstić information content (AvgIpc) is 2.40. The molecule has 1 aromatic rings. The van der Waals surface area contributed by atoms with Crippen LogP contribution in [-0.4, -0.2) is 35.7 Å². The first-order chi connectivity index (χ1) is 9.17. The summed E-state index contributed by atoms with van der Waals surface area (Å²) in [7, 11) is 0. The van der Waals surface area contributed by atoms with Crippen LogP contribution < -0.4 is 5.32 Å². The van der Waals surface area contributed by atoms with Crippen molar-refractivity contribution in [2.45, 2.75) is 33.1 Å². The Morgan fingerprint density at radius 2 is 1.89 bits per heavy atom. The Kier molecular flexibility index (Phi) is 6.97. The number of unbranched alkanes of at least 4 members (excludes halogenated alkanes) is 2. The standard InChI is InChI=1S/C15H24N2O2/c1-3-4-5-10-17(11-12-18)15(19)16-14-8-6-13(2)7-9-14/h6-9,18H,3-5,10-12H2,1-2H3,(H,16,19). The van der Waals surface area contributed by atoms with Crippen molar-refractivity contribution in [1.82, 2.24) is 4.90 Å². The van der Waals surface area contributed by atoms with E-state index in [2.05, 4.69) is 12.2 Å². The maximum atomic E-state index is 12.1. The van der Waals surface area contributed by atoms with Crippen molar-refractivity contribution in [2.75, 3.05) is 25.0 Å². The van der Waals surface area contributed by atoms with Gasteiger partial charge in [-0.3, -0.25) is 0 Å². The lowest BCUT2D eigenvalue weighted by molar-refractivity contribution is 0.187. The minimum Gasteiger partial charge on any atom is -0.395 e. The number of benzene rings is 1. The van der Waals surface area contributed by atoms with Crippen LogP contribution in [0, 0.1) is 6.92 Å². The van der Waals surface area contributed by atoms with Crippen LogP contribution in [0.15, 0.2) is 24.3 Å². The van der Waals surface area contributed by atoms with Crippen molar-refractivity contribution < 1.29 is 9.90 Å². The van der Waals surface area contributed by atoms with Gasteiger partial charge in [0.15, 0.2) is 0 Å².